The van der Waals surface area contributed by atoms with Crippen molar-refractivity contribution in [2.24, 2.45) is 0 Å². The first-order valence-corrected chi connectivity index (χ1v) is 20.1. The van der Waals surface area contributed by atoms with Crippen molar-refractivity contribution in [3.63, 3.8) is 0 Å². The summed E-state index contributed by atoms with van der Waals surface area (Å²) < 4.78 is 11.7. The second-order valence-corrected chi connectivity index (χ2v) is 16.4. The third kappa shape index (κ3) is 4.85. The highest BCUT2D eigenvalue weighted by Crippen LogP contribution is 2.52. The molecule has 258 valence electrons. The number of nitrogens with zero attached hydrogens (tertiary/aromatic N) is 3. The van der Waals surface area contributed by atoms with Crippen LogP contribution in [0.2, 0.25) is 0 Å². The van der Waals surface area contributed by atoms with Crippen LogP contribution in [0, 0.1) is 0 Å². The topological polar surface area (TPSA) is 47.9 Å². The summed E-state index contributed by atoms with van der Waals surface area (Å²) in [5.74, 6) is 2.74. The lowest BCUT2D eigenvalue weighted by molar-refractivity contribution is 0.271. The molecule has 0 bridgehead atoms. The van der Waals surface area contributed by atoms with Crippen LogP contribution in [0.5, 0.6) is 5.75 Å². The van der Waals surface area contributed by atoms with E-state index in [1.54, 1.807) is 0 Å². The molecular formula is C49H29N3OS2. The second-order valence-electron chi connectivity index (χ2n) is 14.2. The molecule has 0 saturated carbocycles. The highest BCUT2D eigenvalue weighted by molar-refractivity contribution is 7.26. The molecule has 4 nitrogen and oxygen atoms in total. The van der Waals surface area contributed by atoms with Gasteiger partial charge < -0.3 is 4.74 Å². The SMILES string of the molecule is C1=CC2Oc3ccccc3C2C(c2nc(-c3ccc4ccccc4c3)nc(-c3ccc4sc5ccccc5c4c3)n2)=C1c1cccc2sc3ccccc3c12. The first-order valence-electron chi connectivity index (χ1n) is 18.5. The van der Waals surface area contributed by atoms with Crippen LogP contribution in [0.3, 0.4) is 0 Å². The van der Waals surface area contributed by atoms with Crippen molar-refractivity contribution < 1.29 is 4.74 Å². The number of aromatic nitrogens is 3. The molecule has 2 unspecified atom stereocenters. The van der Waals surface area contributed by atoms with Crippen LogP contribution in [0.25, 0.3) is 85.0 Å². The van der Waals surface area contributed by atoms with Gasteiger partial charge in [0, 0.05) is 62.6 Å². The summed E-state index contributed by atoms with van der Waals surface area (Å²) in [5.41, 5.74) is 6.38. The zero-order chi connectivity index (χ0) is 36.0. The van der Waals surface area contributed by atoms with Gasteiger partial charge in [-0.15, -0.1) is 22.7 Å². The number of para-hydroxylation sites is 1. The number of hydrogen-bond acceptors (Lipinski definition) is 6. The molecule has 0 N–H and O–H groups in total. The Labute approximate surface area is 324 Å². The lowest BCUT2D eigenvalue weighted by Crippen LogP contribution is -2.22. The van der Waals surface area contributed by atoms with Crippen LogP contribution in [-0.2, 0) is 0 Å². The van der Waals surface area contributed by atoms with E-state index in [1.807, 2.05) is 28.7 Å². The fraction of sp³-hybridized carbons (Fsp3) is 0.0408. The van der Waals surface area contributed by atoms with Gasteiger partial charge in [-0.1, -0.05) is 109 Å². The van der Waals surface area contributed by atoms with Crippen molar-refractivity contribution in [1.29, 1.82) is 0 Å². The summed E-state index contributed by atoms with van der Waals surface area (Å²) in [5, 5.41) is 7.29. The van der Waals surface area contributed by atoms with Gasteiger partial charge in [0.1, 0.15) is 11.9 Å². The summed E-state index contributed by atoms with van der Waals surface area (Å²) in [6.45, 7) is 0. The van der Waals surface area contributed by atoms with E-state index < -0.39 is 0 Å². The smallest absolute Gasteiger partial charge is 0.164 e. The molecule has 1 aliphatic heterocycles. The Balaban J connectivity index is 1.16. The van der Waals surface area contributed by atoms with E-state index in [2.05, 4.69) is 158 Å². The van der Waals surface area contributed by atoms with E-state index in [9.17, 15) is 0 Å². The first-order chi connectivity index (χ1) is 27.2. The van der Waals surface area contributed by atoms with E-state index in [0.717, 1.165) is 39.0 Å². The van der Waals surface area contributed by atoms with Crippen molar-refractivity contribution >= 4 is 84.9 Å². The second kappa shape index (κ2) is 12.0. The molecule has 0 spiro atoms. The molecule has 0 saturated heterocycles. The molecule has 55 heavy (non-hydrogen) atoms. The minimum Gasteiger partial charge on any atom is -0.485 e. The van der Waals surface area contributed by atoms with E-state index in [0.29, 0.717) is 17.5 Å². The van der Waals surface area contributed by atoms with Gasteiger partial charge in [-0.2, -0.15) is 0 Å². The first kappa shape index (κ1) is 30.9. The Morgan fingerprint density at radius 3 is 2.04 bits per heavy atom. The minimum atomic E-state index is -0.188. The zero-order valence-electron chi connectivity index (χ0n) is 29.3. The molecule has 0 radical (unpaired) electrons. The van der Waals surface area contributed by atoms with Crippen molar-refractivity contribution in [1.82, 2.24) is 15.0 Å². The third-order valence-corrected chi connectivity index (χ3v) is 13.4. The Bertz CT molecular complexity index is 3280. The molecule has 4 heterocycles. The predicted molar refractivity (Wildman–Crippen MR) is 230 cm³/mol. The number of fused-ring (bicyclic) bond motifs is 10. The predicted octanol–water partition coefficient (Wildman–Crippen LogP) is 13.1. The highest BCUT2D eigenvalue weighted by Gasteiger charge is 2.41. The molecule has 2 atom stereocenters. The molecule has 12 rings (SSSR count). The van der Waals surface area contributed by atoms with Crippen LogP contribution in [-0.4, -0.2) is 21.1 Å². The average Bonchev–Trinajstić information content (AvgIpc) is 3.94. The van der Waals surface area contributed by atoms with E-state index in [-0.39, 0.29) is 12.0 Å². The fourth-order valence-electron chi connectivity index (χ4n) is 8.60. The number of hydrogen-bond donors (Lipinski definition) is 0. The molecule has 10 aromatic rings. The van der Waals surface area contributed by atoms with Crippen molar-refractivity contribution in [3.05, 3.63) is 181 Å². The summed E-state index contributed by atoms with van der Waals surface area (Å²) in [7, 11) is 0. The van der Waals surface area contributed by atoms with E-state index >= 15 is 0 Å². The number of allylic oxidation sites excluding steroid dienone is 2. The average molecular weight is 740 g/mol. The van der Waals surface area contributed by atoms with Crippen molar-refractivity contribution in [2.75, 3.05) is 0 Å². The minimum absolute atomic E-state index is 0.112. The highest BCUT2D eigenvalue weighted by atomic mass is 32.1. The van der Waals surface area contributed by atoms with Gasteiger partial charge in [0.15, 0.2) is 17.5 Å². The molecule has 2 aliphatic rings. The monoisotopic (exact) mass is 739 g/mol. The molecule has 7 aromatic carbocycles. The normalized spacial score (nSPS) is 16.4. The van der Waals surface area contributed by atoms with Crippen molar-refractivity contribution in [3.8, 4) is 28.5 Å². The van der Waals surface area contributed by atoms with Gasteiger partial charge in [0.2, 0.25) is 0 Å². The summed E-state index contributed by atoms with van der Waals surface area (Å²) >= 11 is 3.65. The van der Waals surface area contributed by atoms with Gasteiger partial charge in [-0.25, -0.2) is 15.0 Å². The summed E-state index contributed by atoms with van der Waals surface area (Å²) in [6.07, 6.45) is 4.28. The quantitative estimate of drug-likeness (QED) is 0.180. The molecule has 1 aliphatic carbocycles. The summed E-state index contributed by atoms with van der Waals surface area (Å²) in [6, 6.07) is 54.0. The largest absolute Gasteiger partial charge is 0.485 e. The fourth-order valence-corrected chi connectivity index (χ4v) is 10.8. The van der Waals surface area contributed by atoms with Crippen LogP contribution < -0.4 is 4.74 Å². The standard InChI is InChI=1S/C49H29N3OS2/c1-2-11-29-26-30(21-20-28(29)10-1)47-50-48(31-22-25-42-37(27-31)32-12-4-7-17-40(32)54-42)52-49(51-47)46-34(23-24-39-45(46)35-13-3-6-16-38(35)53-39)33-15-9-19-43-44(33)36-14-5-8-18-41(36)55-43/h1-27,39,45H. The Hall–Kier alpha value is -6.47. The van der Waals surface area contributed by atoms with Crippen LogP contribution in [0.15, 0.2) is 164 Å². The molecular weight excluding hydrogens is 711 g/mol. The van der Waals surface area contributed by atoms with Gasteiger partial charge in [0.25, 0.3) is 0 Å². The maximum Gasteiger partial charge on any atom is 0.164 e. The molecule has 0 fully saturated rings. The number of benzene rings is 7. The van der Waals surface area contributed by atoms with Crippen LogP contribution in [0.4, 0.5) is 0 Å². The molecule has 0 amide bonds. The number of rotatable bonds is 4. The van der Waals surface area contributed by atoms with Crippen LogP contribution >= 0.6 is 22.7 Å². The Kier molecular flexibility index (Phi) is 6.76. The van der Waals surface area contributed by atoms with Crippen LogP contribution in [0.1, 0.15) is 22.9 Å². The van der Waals surface area contributed by atoms with Gasteiger partial charge >= 0.3 is 0 Å². The maximum absolute atomic E-state index is 6.66. The molecule has 6 heteroatoms. The number of thiophene rings is 2. The third-order valence-electron chi connectivity index (χ3n) is 11.1. The maximum atomic E-state index is 6.66. The Morgan fingerprint density at radius 1 is 0.491 bits per heavy atom. The van der Waals surface area contributed by atoms with E-state index in [4.69, 9.17) is 19.7 Å². The lowest BCUT2D eigenvalue weighted by atomic mass is 9.78. The lowest BCUT2D eigenvalue weighted by Gasteiger charge is -2.26. The van der Waals surface area contributed by atoms with E-state index in [1.165, 1.54) is 51.3 Å². The van der Waals surface area contributed by atoms with Gasteiger partial charge in [-0.05, 0) is 76.5 Å². The van der Waals surface area contributed by atoms with Gasteiger partial charge in [0.05, 0.1) is 5.92 Å². The number of ether oxygens (including phenoxy) is 1. The molecule has 3 aromatic heterocycles. The van der Waals surface area contributed by atoms with Crippen molar-refractivity contribution in [2.45, 2.75) is 12.0 Å². The Morgan fingerprint density at radius 2 is 1.15 bits per heavy atom. The summed E-state index contributed by atoms with van der Waals surface area (Å²) in [4.78, 5) is 16.2. The van der Waals surface area contributed by atoms with Gasteiger partial charge in [-0.3, -0.25) is 0 Å². The zero-order valence-corrected chi connectivity index (χ0v) is 30.9.